The molecule has 5 rings (SSSR count). The molecule has 0 fully saturated rings. The van der Waals surface area contributed by atoms with Gasteiger partial charge in [-0.25, -0.2) is 4.39 Å². The van der Waals surface area contributed by atoms with Crippen LogP contribution in [-0.2, 0) is 0 Å². The lowest BCUT2D eigenvalue weighted by Crippen LogP contribution is -1.86. The molecule has 0 aliphatic carbocycles. The Morgan fingerprint density at radius 2 is 1.04 bits per heavy atom. The molecule has 0 saturated heterocycles. The Bertz CT molecular complexity index is 1220. The molecular formula is C22H13F. The fourth-order valence-corrected chi connectivity index (χ4v) is 3.65. The van der Waals surface area contributed by atoms with E-state index in [0.29, 0.717) is 5.39 Å². The zero-order chi connectivity index (χ0) is 15.4. The van der Waals surface area contributed by atoms with E-state index in [-0.39, 0.29) is 5.82 Å². The topological polar surface area (TPSA) is 0 Å². The van der Waals surface area contributed by atoms with Crippen LogP contribution in [0.4, 0.5) is 4.39 Å². The molecule has 0 unspecified atom stereocenters. The first-order valence-electron chi connectivity index (χ1n) is 7.74. The van der Waals surface area contributed by atoms with Gasteiger partial charge in [-0.1, -0.05) is 72.8 Å². The van der Waals surface area contributed by atoms with Crippen molar-refractivity contribution in [1.29, 1.82) is 0 Å². The third-order valence-corrected chi connectivity index (χ3v) is 4.70. The Balaban J connectivity index is 2.08. The van der Waals surface area contributed by atoms with Crippen LogP contribution in [0.5, 0.6) is 0 Å². The Kier molecular flexibility index (Phi) is 2.48. The molecule has 0 N–H and O–H groups in total. The van der Waals surface area contributed by atoms with Crippen molar-refractivity contribution in [2.45, 2.75) is 0 Å². The van der Waals surface area contributed by atoms with Gasteiger partial charge >= 0.3 is 0 Å². The normalized spacial score (nSPS) is 11.7. The molecule has 0 amide bonds. The van der Waals surface area contributed by atoms with Crippen molar-refractivity contribution in [2.24, 2.45) is 0 Å². The van der Waals surface area contributed by atoms with Crippen LogP contribution in [-0.4, -0.2) is 0 Å². The van der Waals surface area contributed by atoms with E-state index >= 15 is 0 Å². The van der Waals surface area contributed by atoms with Gasteiger partial charge in [-0.05, 0) is 43.8 Å². The van der Waals surface area contributed by atoms with Crippen LogP contribution in [0, 0.1) is 5.82 Å². The average Bonchev–Trinajstić information content (AvgIpc) is 2.61. The second-order valence-electron chi connectivity index (χ2n) is 5.95. The monoisotopic (exact) mass is 296 g/mol. The van der Waals surface area contributed by atoms with E-state index in [0.717, 1.165) is 26.9 Å². The van der Waals surface area contributed by atoms with Gasteiger partial charge in [0.15, 0.2) is 0 Å². The summed E-state index contributed by atoms with van der Waals surface area (Å²) in [5.74, 6) is -0.153. The van der Waals surface area contributed by atoms with Crippen LogP contribution >= 0.6 is 0 Å². The predicted octanol–water partition coefficient (Wildman–Crippen LogP) is 6.44. The number of rotatable bonds is 0. The van der Waals surface area contributed by atoms with Gasteiger partial charge in [-0.15, -0.1) is 0 Å². The SMILES string of the molecule is Fc1cc2ccccc2c2ccc3c4ccccc4ccc3c12. The second kappa shape index (κ2) is 4.53. The molecule has 23 heavy (non-hydrogen) atoms. The highest BCUT2D eigenvalue weighted by molar-refractivity contribution is 6.22. The minimum Gasteiger partial charge on any atom is -0.206 e. The fourth-order valence-electron chi connectivity index (χ4n) is 3.65. The van der Waals surface area contributed by atoms with E-state index < -0.39 is 0 Å². The number of benzene rings is 5. The number of halogens is 1. The van der Waals surface area contributed by atoms with Gasteiger partial charge in [0.05, 0.1) is 0 Å². The standard InChI is InChI=1S/C22H13F/c23-21-13-15-6-2-4-8-17(15)19-12-11-18-16-7-3-1-5-14(16)9-10-20(18)22(19)21/h1-13H. The van der Waals surface area contributed by atoms with Crippen LogP contribution < -0.4 is 0 Å². The van der Waals surface area contributed by atoms with Gasteiger partial charge in [0, 0.05) is 5.39 Å². The van der Waals surface area contributed by atoms with Crippen molar-refractivity contribution in [2.75, 3.05) is 0 Å². The van der Waals surface area contributed by atoms with Gasteiger partial charge in [0.2, 0.25) is 0 Å². The molecule has 0 heterocycles. The largest absolute Gasteiger partial charge is 0.206 e. The third kappa shape index (κ3) is 1.71. The molecule has 108 valence electrons. The summed E-state index contributed by atoms with van der Waals surface area (Å²) in [6.07, 6.45) is 0. The molecule has 0 saturated carbocycles. The van der Waals surface area contributed by atoms with Gasteiger partial charge in [-0.3, -0.25) is 0 Å². The van der Waals surface area contributed by atoms with E-state index in [1.54, 1.807) is 6.07 Å². The zero-order valence-electron chi connectivity index (χ0n) is 12.4. The Morgan fingerprint density at radius 3 is 1.87 bits per heavy atom. The number of hydrogen-bond acceptors (Lipinski definition) is 0. The van der Waals surface area contributed by atoms with Crippen LogP contribution in [0.1, 0.15) is 0 Å². The molecule has 5 aromatic carbocycles. The Hall–Kier alpha value is -2.93. The van der Waals surface area contributed by atoms with Crippen molar-refractivity contribution in [3.8, 4) is 0 Å². The lowest BCUT2D eigenvalue weighted by Gasteiger charge is -2.10. The highest BCUT2D eigenvalue weighted by atomic mass is 19.1. The van der Waals surface area contributed by atoms with Gasteiger partial charge in [0.1, 0.15) is 5.82 Å². The van der Waals surface area contributed by atoms with Crippen LogP contribution in [0.2, 0.25) is 0 Å². The highest BCUT2D eigenvalue weighted by Gasteiger charge is 2.11. The van der Waals surface area contributed by atoms with Crippen molar-refractivity contribution >= 4 is 43.1 Å². The van der Waals surface area contributed by atoms with Crippen LogP contribution in [0.15, 0.2) is 78.9 Å². The summed E-state index contributed by atoms with van der Waals surface area (Å²) in [6, 6.07) is 26.2. The van der Waals surface area contributed by atoms with E-state index in [1.807, 2.05) is 36.4 Å². The van der Waals surface area contributed by atoms with E-state index in [4.69, 9.17) is 0 Å². The first-order valence-corrected chi connectivity index (χ1v) is 7.74. The second-order valence-corrected chi connectivity index (χ2v) is 5.95. The summed E-state index contributed by atoms with van der Waals surface area (Å²) in [7, 11) is 0. The minimum atomic E-state index is -0.153. The minimum absolute atomic E-state index is 0.153. The fraction of sp³-hybridized carbons (Fsp3) is 0. The molecule has 0 spiro atoms. The molecule has 1 heteroatoms. The van der Waals surface area contributed by atoms with Gasteiger partial charge in [0.25, 0.3) is 0 Å². The predicted molar refractivity (Wildman–Crippen MR) is 96.4 cm³/mol. The molecule has 5 aromatic rings. The summed E-state index contributed by atoms with van der Waals surface area (Å²) < 4.78 is 14.8. The van der Waals surface area contributed by atoms with E-state index in [2.05, 4.69) is 36.4 Å². The molecule has 0 bridgehead atoms. The zero-order valence-corrected chi connectivity index (χ0v) is 12.4. The Labute approximate surface area is 132 Å². The van der Waals surface area contributed by atoms with Crippen molar-refractivity contribution in [3.63, 3.8) is 0 Å². The summed E-state index contributed by atoms with van der Waals surface area (Å²) in [6.45, 7) is 0. The van der Waals surface area contributed by atoms with Crippen molar-refractivity contribution in [3.05, 3.63) is 84.7 Å². The molecule has 0 nitrogen and oxygen atoms in total. The average molecular weight is 296 g/mol. The van der Waals surface area contributed by atoms with Crippen molar-refractivity contribution in [1.82, 2.24) is 0 Å². The molecule has 0 aliphatic heterocycles. The van der Waals surface area contributed by atoms with Gasteiger partial charge < -0.3 is 0 Å². The van der Waals surface area contributed by atoms with Crippen LogP contribution in [0.3, 0.4) is 0 Å². The first-order chi connectivity index (χ1) is 11.3. The summed E-state index contributed by atoms with van der Waals surface area (Å²) in [5.41, 5.74) is 0. The number of hydrogen-bond donors (Lipinski definition) is 0. The summed E-state index contributed by atoms with van der Waals surface area (Å²) >= 11 is 0. The van der Waals surface area contributed by atoms with E-state index in [1.165, 1.54) is 10.8 Å². The third-order valence-electron chi connectivity index (χ3n) is 4.70. The quantitative estimate of drug-likeness (QED) is 0.288. The highest BCUT2D eigenvalue weighted by Crippen LogP contribution is 2.36. The lowest BCUT2D eigenvalue weighted by atomic mass is 9.94. The Morgan fingerprint density at radius 1 is 0.478 bits per heavy atom. The molecule has 0 aliphatic rings. The molecule has 0 aromatic heterocycles. The van der Waals surface area contributed by atoms with E-state index in [9.17, 15) is 4.39 Å². The van der Waals surface area contributed by atoms with Crippen LogP contribution in [0.25, 0.3) is 43.1 Å². The molecular weight excluding hydrogens is 283 g/mol. The van der Waals surface area contributed by atoms with Crippen molar-refractivity contribution < 1.29 is 4.39 Å². The smallest absolute Gasteiger partial charge is 0.132 e. The summed E-state index contributed by atoms with van der Waals surface area (Å²) in [5, 5.41) is 8.15. The van der Waals surface area contributed by atoms with Gasteiger partial charge in [-0.2, -0.15) is 0 Å². The number of fused-ring (bicyclic) bond motifs is 7. The summed E-state index contributed by atoms with van der Waals surface area (Å²) in [4.78, 5) is 0. The molecule has 0 atom stereocenters. The maximum absolute atomic E-state index is 14.8. The lowest BCUT2D eigenvalue weighted by molar-refractivity contribution is 0.642. The maximum Gasteiger partial charge on any atom is 0.132 e. The molecule has 0 radical (unpaired) electrons. The maximum atomic E-state index is 14.8. The first kappa shape index (κ1) is 12.6.